The second kappa shape index (κ2) is 4.13. The van der Waals surface area contributed by atoms with Crippen LogP contribution in [0, 0.1) is 0 Å². The standard InChI is InChI=1S/C8H13F3N2O3S/c1-7(12,8(9,10)11)6(14)13-5-2-3-17(15,16)4-5/h5H,2-4,12H2,1H3,(H,13,14). The van der Waals surface area contributed by atoms with Gasteiger partial charge in [0, 0.05) is 6.04 Å². The normalized spacial score (nSPS) is 27.5. The van der Waals surface area contributed by atoms with Gasteiger partial charge in [0.05, 0.1) is 11.5 Å². The number of rotatable bonds is 2. The lowest BCUT2D eigenvalue weighted by Gasteiger charge is -2.27. The fraction of sp³-hybridized carbons (Fsp3) is 0.875. The highest BCUT2D eigenvalue weighted by atomic mass is 32.2. The van der Waals surface area contributed by atoms with Gasteiger partial charge in [0.15, 0.2) is 15.4 Å². The van der Waals surface area contributed by atoms with Gasteiger partial charge < -0.3 is 11.1 Å². The van der Waals surface area contributed by atoms with Crippen molar-refractivity contribution in [3.63, 3.8) is 0 Å². The van der Waals surface area contributed by atoms with E-state index in [1.165, 1.54) is 0 Å². The number of carbonyl (C=O) groups is 1. The molecule has 17 heavy (non-hydrogen) atoms. The second-order valence-electron chi connectivity index (χ2n) is 4.27. The molecule has 5 nitrogen and oxygen atoms in total. The molecule has 0 aromatic heterocycles. The highest BCUT2D eigenvalue weighted by Crippen LogP contribution is 2.28. The van der Waals surface area contributed by atoms with Gasteiger partial charge in [-0.2, -0.15) is 13.2 Å². The van der Waals surface area contributed by atoms with Crippen LogP contribution < -0.4 is 11.1 Å². The maximum atomic E-state index is 12.4. The van der Waals surface area contributed by atoms with Crippen molar-refractivity contribution < 1.29 is 26.4 Å². The van der Waals surface area contributed by atoms with Crippen molar-refractivity contribution in [2.45, 2.75) is 31.1 Å². The van der Waals surface area contributed by atoms with Crippen LogP contribution in [-0.4, -0.2) is 43.6 Å². The van der Waals surface area contributed by atoms with Gasteiger partial charge in [-0.1, -0.05) is 0 Å². The predicted molar refractivity (Wildman–Crippen MR) is 53.8 cm³/mol. The van der Waals surface area contributed by atoms with Gasteiger partial charge in [-0.3, -0.25) is 4.79 Å². The number of hydrogen-bond donors (Lipinski definition) is 2. The number of alkyl halides is 3. The van der Waals surface area contributed by atoms with E-state index in [1.807, 2.05) is 5.32 Å². The van der Waals surface area contributed by atoms with Crippen LogP contribution in [0.5, 0.6) is 0 Å². The van der Waals surface area contributed by atoms with Gasteiger partial charge in [-0.05, 0) is 13.3 Å². The summed E-state index contributed by atoms with van der Waals surface area (Å²) in [5.41, 5.74) is 1.88. The molecular weight excluding hydrogens is 261 g/mol. The van der Waals surface area contributed by atoms with Gasteiger partial charge in [0.25, 0.3) is 0 Å². The van der Waals surface area contributed by atoms with E-state index >= 15 is 0 Å². The topological polar surface area (TPSA) is 89.3 Å². The first-order chi connectivity index (χ1) is 7.46. The average molecular weight is 274 g/mol. The summed E-state index contributed by atoms with van der Waals surface area (Å²) in [6.45, 7) is 0.547. The molecule has 1 aliphatic rings. The number of halogens is 3. The van der Waals surface area contributed by atoms with Crippen molar-refractivity contribution in [3.8, 4) is 0 Å². The fourth-order valence-electron chi connectivity index (χ4n) is 1.37. The minimum Gasteiger partial charge on any atom is -0.350 e. The Hall–Kier alpha value is -0.830. The van der Waals surface area contributed by atoms with Crippen LogP contribution in [0.25, 0.3) is 0 Å². The molecule has 0 bridgehead atoms. The first-order valence-corrected chi connectivity index (χ1v) is 6.65. The molecule has 2 atom stereocenters. The van der Waals surface area contributed by atoms with E-state index < -0.39 is 33.5 Å². The van der Waals surface area contributed by atoms with Crippen LogP contribution in [0.1, 0.15) is 13.3 Å². The third-order valence-corrected chi connectivity index (χ3v) is 4.40. The van der Waals surface area contributed by atoms with Crippen LogP contribution in [0.4, 0.5) is 13.2 Å². The van der Waals surface area contributed by atoms with Gasteiger partial charge in [0.1, 0.15) is 0 Å². The molecule has 0 aromatic rings. The minimum atomic E-state index is -4.88. The minimum absolute atomic E-state index is 0.113. The summed E-state index contributed by atoms with van der Waals surface area (Å²) in [6.07, 6.45) is -4.77. The fourth-order valence-corrected chi connectivity index (χ4v) is 3.05. The molecule has 9 heteroatoms. The summed E-state index contributed by atoms with van der Waals surface area (Å²) in [4.78, 5) is 11.3. The molecule has 1 heterocycles. The molecule has 0 aromatic carbocycles. The first kappa shape index (κ1) is 14.2. The van der Waals surface area contributed by atoms with E-state index in [-0.39, 0.29) is 17.9 Å². The monoisotopic (exact) mass is 274 g/mol. The molecule has 0 radical (unpaired) electrons. The summed E-state index contributed by atoms with van der Waals surface area (Å²) in [7, 11) is -3.26. The Bertz CT molecular complexity index is 416. The number of amides is 1. The Balaban J connectivity index is 2.69. The molecule has 1 amide bonds. The van der Waals surface area contributed by atoms with Crippen LogP contribution >= 0.6 is 0 Å². The zero-order chi connectivity index (χ0) is 13.5. The number of hydrogen-bond acceptors (Lipinski definition) is 4. The lowest BCUT2D eigenvalue weighted by molar-refractivity contribution is -0.187. The van der Waals surface area contributed by atoms with Crippen molar-refractivity contribution in [2.24, 2.45) is 5.73 Å². The van der Waals surface area contributed by atoms with Crippen molar-refractivity contribution in [1.82, 2.24) is 5.32 Å². The van der Waals surface area contributed by atoms with Gasteiger partial charge >= 0.3 is 6.18 Å². The molecule has 0 saturated carbocycles. The molecule has 0 aliphatic carbocycles. The zero-order valence-electron chi connectivity index (χ0n) is 9.04. The predicted octanol–water partition coefficient (Wildman–Crippen LogP) is -0.431. The summed E-state index contributed by atoms with van der Waals surface area (Å²) >= 11 is 0. The third kappa shape index (κ3) is 3.09. The highest BCUT2D eigenvalue weighted by Gasteiger charge is 2.54. The van der Waals surface area contributed by atoms with Crippen LogP contribution in [-0.2, 0) is 14.6 Å². The molecule has 1 saturated heterocycles. The highest BCUT2D eigenvalue weighted by molar-refractivity contribution is 7.91. The first-order valence-electron chi connectivity index (χ1n) is 4.83. The van der Waals surface area contributed by atoms with Crippen molar-refractivity contribution in [3.05, 3.63) is 0 Å². The van der Waals surface area contributed by atoms with Crippen molar-refractivity contribution in [1.29, 1.82) is 0 Å². The van der Waals surface area contributed by atoms with E-state index in [2.05, 4.69) is 0 Å². The molecule has 2 unspecified atom stereocenters. The van der Waals surface area contributed by atoms with Gasteiger partial charge in [-0.25, -0.2) is 8.42 Å². The SMILES string of the molecule is CC(N)(C(=O)NC1CCS(=O)(=O)C1)C(F)(F)F. The van der Waals surface area contributed by atoms with Crippen molar-refractivity contribution >= 4 is 15.7 Å². The molecule has 1 aliphatic heterocycles. The second-order valence-corrected chi connectivity index (χ2v) is 6.50. The van der Waals surface area contributed by atoms with Crippen molar-refractivity contribution in [2.75, 3.05) is 11.5 Å². The molecular formula is C8H13F3N2O3S. The average Bonchev–Trinajstić information content (AvgIpc) is 2.43. The molecule has 0 spiro atoms. The van der Waals surface area contributed by atoms with E-state index in [9.17, 15) is 26.4 Å². The maximum absolute atomic E-state index is 12.4. The Kier molecular flexibility index (Phi) is 3.45. The number of nitrogens with two attached hydrogens (primary N) is 1. The number of nitrogens with one attached hydrogen (secondary N) is 1. The largest absolute Gasteiger partial charge is 0.415 e. The van der Waals surface area contributed by atoms with E-state index in [4.69, 9.17) is 5.73 Å². The van der Waals surface area contributed by atoms with Crippen LogP contribution in [0.15, 0.2) is 0 Å². The zero-order valence-corrected chi connectivity index (χ0v) is 9.86. The third-order valence-electron chi connectivity index (χ3n) is 2.63. The maximum Gasteiger partial charge on any atom is 0.415 e. The summed E-state index contributed by atoms with van der Waals surface area (Å²) in [5.74, 6) is -1.88. The van der Waals surface area contributed by atoms with Crippen LogP contribution in [0.3, 0.4) is 0 Å². The number of sulfone groups is 1. The Morgan fingerprint density at radius 3 is 2.29 bits per heavy atom. The van der Waals surface area contributed by atoms with E-state index in [0.717, 1.165) is 0 Å². The molecule has 100 valence electrons. The lowest BCUT2D eigenvalue weighted by Crippen LogP contribution is -2.62. The van der Waals surface area contributed by atoms with E-state index in [0.29, 0.717) is 6.92 Å². The summed E-state index contributed by atoms with van der Waals surface area (Å²) in [6, 6.07) is -0.794. The Labute approximate surface area is 96.5 Å². The van der Waals surface area contributed by atoms with Gasteiger partial charge in [-0.15, -0.1) is 0 Å². The summed E-state index contributed by atoms with van der Waals surface area (Å²) < 4.78 is 59.3. The quantitative estimate of drug-likeness (QED) is 0.715. The lowest BCUT2D eigenvalue weighted by atomic mass is 10.0. The summed E-state index contributed by atoms with van der Waals surface area (Å²) in [5, 5.41) is 2.02. The Morgan fingerprint density at radius 2 is 1.94 bits per heavy atom. The van der Waals surface area contributed by atoms with Crippen LogP contribution in [0.2, 0.25) is 0 Å². The molecule has 1 rings (SSSR count). The molecule has 1 fully saturated rings. The van der Waals surface area contributed by atoms with Gasteiger partial charge in [0.2, 0.25) is 5.91 Å². The smallest absolute Gasteiger partial charge is 0.350 e. The van der Waals surface area contributed by atoms with E-state index in [1.54, 1.807) is 0 Å². The molecule has 3 N–H and O–H groups in total. The number of carbonyl (C=O) groups excluding carboxylic acids is 1. The Morgan fingerprint density at radius 1 is 1.41 bits per heavy atom.